The first-order valence-corrected chi connectivity index (χ1v) is 6.13. The Kier molecular flexibility index (Phi) is 3.72. The van der Waals surface area contributed by atoms with Gasteiger partial charge in [0.15, 0.2) is 5.82 Å². The van der Waals surface area contributed by atoms with Crippen molar-refractivity contribution in [1.29, 1.82) is 0 Å². The second-order valence-corrected chi connectivity index (χ2v) is 4.69. The maximum Gasteiger partial charge on any atom is 0.156 e. The SMILES string of the molecule is Cc1ncn(-c2cnc(CNC(C)C)cn2)c1C. The Hall–Kier alpha value is -1.75. The average Bonchev–Trinajstić information content (AvgIpc) is 2.68. The Labute approximate surface area is 107 Å². The number of nitrogens with zero attached hydrogens (tertiary/aromatic N) is 4. The van der Waals surface area contributed by atoms with Crippen LogP contribution < -0.4 is 5.32 Å². The molecule has 0 saturated carbocycles. The van der Waals surface area contributed by atoms with E-state index in [1.165, 1.54) is 0 Å². The fourth-order valence-electron chi connectivity index (χ4n) is 1.60. The molecule has 0 unspecified atom stereocenters. The van der Waals surface area contributed by atoms with E-state index in [-0.39, 0.29) is 0 Å². The summed E-state index contributed by atoms with van der Waals surface area (Å²) in [5.41, 5.74) is 3.06. The van der Waals surface area contributed by atoms with Crippen LogP contribution in [0.15, 0.2) is 18.7 Å². The topological polar surface area (TPSA) is 55.6 Å². The highest BCUT2D eigenvalue weighted by Crippen LogP contribution is 2.10. The molecular formula is C13H19N5. The molecule has 0 aliphatic rings. The van der Waals surface area contributed by atoms with Gasteiger partial charge in [0.25, 0.3) is 0 Å². The normalized spacial score (nSPS) is 11.2. The molecule has 0 amide bonds. The zero-order valence-corrected chi connectivity index (χ0v) is 11.3. The predicted molar refractivity (Wildman–Crippen MR) is 70.6 cm³/mol. The number of rotatable bonds is 4. The summed E-state index contributed by atoms with van der Waals surface area (Å²) in [7, 11) is 0. The highest BCUT2D eigenvalue weighted by Gasteiger charge is 2.06. The molecule has 0 atom stereocenters. The van der Waals surface area contributed by atoms with Crippen LogP contribution in [0.2, 0.25) is 0 Å². The molecular weight excluding hydrogens is 226 g/mol. The van der Waals surface area contributed by atoms with Gasteiger partial charge in [0.1, 0.15) is 6.33 Å². The van der Waals surface area contributed by atoms with Gasteiger partial charge < -0.3 is 5.32 Å². The summed E-state index contributed by atoms with van der Waals surface area (Å²) in [5, 5.41) is 3.31. The van der Waals surface area contributed by atoms with Crippen LogP contribution in [0.1, 0.15) is 30.9 Å². The van der Waals surface area contributed by atoms with E-state index in [4.69, 9.17) is 0 Å². The molecule has 0 aliphatic heterocycles. The maximum absolute atomic E-state index is 4.42. The summed E-state index contributed by atoms with van der Waals surface area (Å²) in [6.07, 6.45) is 5.37. The fraction of sp³-hybridized carbons (Fsp3) is 0.462. The summed E-state index contributed by atoms with van der Waals surface area (Å²) in [6.45, 7) is 8.98. The van der Waals surface area contributed by atoms with E-state index in [1.54, 1.807) is 18.7 Å². The van der Waals surface area contributed by atoms with Crippen LogP contribution in [-0.4, -0.2) is 25.6 Å². The molecule has 2 heterocycles. The smallest absolute Gasteiger partial charge is 0.156 e. The quantitative estimate of drug-likeness (QED) is 0.892. The minimum Gasteiger partial charge on any atom is -0.309 e. The molecule has 0 aromatic carbocycles. The summed E-state index contributed by atoms with van der Waals surface area (Å²) in [5.74, 6) is 0.807. The molecule has 0 radical (unpaired) electrons. The standard InChI is InChI=1S/C13H19N5/c1-9(2)14-5-12-6-16-13(7-15-12)18-8-17-10(3)11(18)4/h6-9,14H,5H2,1-4H3. The highest BCUT2D eigenvalue weighted by molar-refractivity contribution is 5.25. The van der Waals surface area contributed by atoms with Crippen LogP contribution in [0, 0.1) is 13.8 Å². The molecule has 18 heavy (non-hydrogen) atoms. The molecule has 0 saturated heterocycles. The van der Waals surface area contributed by atoms with Crippen molar-refractivity contribution in [1.82, 2.24) is 24.8 Å². The summed E-state index contributed by atoms with van der Waals surface area (Å²) < 4.78 is 1.95. The van der Waals surface area contributed by atoms with E-state index < -0.39 is 0 Å². The van der Waals surface area contributed by atoms with Gasteiger partial charge in [0.05, 0.1) is 23.8 Å². The molecule has 0 fully saturated rings. The van der Waals surface area contributed by atoms with Gasteiger partial charge in [-0.05, 0) is 13.8 Å². The third-order valence-electron chi connectivity index (χ3n) is 2.88. The first kappa shape index (κ1) is 12.7. The van der Waals surface area contributed by atoms with Crippen molar-refractivity contribution in [3.05, 3.63) is 35.8 Å². The molecule has 0 spiro atoms. The van der Waals surface area contributed by atoms with E-state index in [2.05, 4.69) is 34.1 Å². The van der Waals surface area contributed by atoms with Gasteiger partial charge >= 0.3 is 0 Å². The number of nitrogens with one attached hydrogen (secondary N) is 1. The third-order valence-corrected chi connectivity index (χ3v) is 2.88. The van der Waals surface area contributed by atoms with E-state index >= 15 is 0 Å². The Morgan fingerprint density at radius 2 is 1.94 bits per heavy atom. The zero-order chi connectivity index (χ0) is 13.1. The minimum atomic E-state index is 0.449. The zero-order valence-electron chi connectivity index (χ0n) is 11.3. The molecule has 2 aromatic heterocycles. The van der Waals surface area contributed by atoms with Crippen molar-refractivity contribution in [2.24, 2.45) is 0 Å². The monoisotopic (exact) mass is 245 g/mol. The van der Waals surface area contributed by atoms with Gasteiger partial charge in [-0.1, -0.05) is 13.8 Å². The molecule has 2 rings (SSSR count). The number of hydrogen-bond acceptors (Lipinski definition) is 4. The molecule has 0 bridgehead atoms. The van der Waals surface area contributed by atoms with Gasteiger partial charge in [-0.3, -0.25) is 9.55 Å². The van der Waals surface area contributed by atoms with Gasteiger partial charge in [0, 0.05) is 18.3 Å². The number of hydrogen-bond donors (Lipinski definition) is 1. The lowest BCUT2D eigenvalue weighted by Gasteiger charge is -2.08. The van der Waals surface area contributed by atoms with Crippen LogP contribution in [-0.2, 0) is 6.54 Å². The van der Waals surface area contributed by atoms with Gasteiger partial charge in [0.2, 0.25) is 0 Å². The molecule has 0 aliphatic carbocycles. The largest absolute Gasteiger partial charge is 0.309 e. The second kappa shape index (κ2) is 5.27. The Bertz CT molecular complexity index is 513. The lowest BCUT2D eigenvalue weighted by atomic mass is 10.3. The van der Waals surface area contributed by atoms with Crippen LogP contribution in [0.25, 0.3) is 5.82 Å². The van der Waals surface area contributed by atoms with E-state index in [1.807, 2.05) is 18.4 Å². The van der Waals surface area contributed by atoms with Crippen molar-refractivity contribution >= 4 is 0 Å². The predicted octanol–water partition coefficient (Wildman–Crippen LogP) is 1.78. The minimum absolute atomic E-state index is 0.449. The molecule has 2 aromatic rings. The number of aryl methyl sites for hydroxylation is 1. The van der Waals surface area contributed by atoms with Gasteiger partial charge in [-0.25, -0.2) is 9.97 Å². The molecule has 5 heteroatoms. The lowest BCUT2D eigenvalue weighted by molar-refractivity contribution is 0.580. The van der Waals surface area contributed by atoms with Crippen LogP contribution in [0.5, 0.6) is 0 Å². The van der Waals surface area contributed by atoms with Crippen molar-refractivity contribution in [2.75, 3.05) is 0 Å². The van der Waals surface area contributed by atoms with Gasteiger partial charge in [-0.15, -0.1) is 0 Å². The van der Waals surface area contributed by atoms with Crippen LogP contribution in [0.3, 0.4) is 0 Å². The first-order chi connectivity index (χ1) is 8.58. The Morgan fingerprint density at radius 3 is 2.44 bits per heavy atom. The molecule has 1 N–H and O–H groups in total. The van der Waals surface area contributed by atoms with E-state index in [9.17, 15) is 0 Å². The lowest BCUT2D eigenvalue weighted by Crippen LogP contribution is -2.22. The number of imidazole rings is 1. The maximum atomic E-state index is 4.42. The Morgan fingerprint density at radius 1 is 1.17 bits per heavy atom. The first-order valence-electron chi connectivity index (χ1n) is 6.13. The molecule has 96 valence electrons. The van der Waals surface area contributed by atoms with E-state index in [0.29, 0.717) is 6.04 Å². The Balaban J connectivity index is 2.15. The van der Waals surface area contributed by atoms with Gasteiger partial charge in [-0.2, -0.15) is 0 Å². The second-order valence-electron chi connectivity index (χ2n) is 4.69. The van der Waals surface area contributed by atoms with Crippen LogP contribution in [0.4, 0.5) is 0 Å². The van der Waals surface area contributed by atoms with Crippen molar-refractivity contribution in [3.63, 3.8) is 0 Å². The van der Waals surface area contributed by atoms with Crippen molar-refractivity contribution in [3.8, 4) is 5.82 Å². The van der Waals surface area contributed by atoms with Crippen molar-refractivity contribution < 1.29 is 0 Å². The summed E-state index contributed by atoms with van der Waals surface area (Å²) >= 11 is 0. The summed E-state index contributed by atoms with van der Waals surface area (Å²) in [4.78, 5) is 13.1. The summed E-state index contributed by atoms with van der Waals surface area (Å²) in [6, 6.07) is 0.449. The third kappa shape index (κ3) is 2.73. The van der Waals surface area contributed by atoms with E-state index in [0.717, 1.165) is 29.4 Å². The molecule has 5 nitrogen and oxygen atoms in total. The number of aromatic nitrogens is 4. The van der Waals surface area contributed by atoms with Crippen molar-refractivity contribution in [2.45, 2.75) is 40.3 Å². The fourth-order valence-corrected chi connectivity index (χ4v) is 1.60. The van der Waals surface area contributed by atoms with Crippen LogP contribution >= 0.6 is 0 Å². The highest BCUT2D eigenvalue weighted by atomic mass is 15.1. The average molecular weight is 245 g/mol.